The van der Waals surface area contributed by atoms with Crippen LogP contribution in [0.1, 0.15) is 113 Å². The van der Waals surface area contributed by atoms with Crippen LogP contribution >= 0.6 is 0 Å². The summed E-state index contributed by atoms with van der Waals surface area (Å²) in [5.74, 6) is 4.24. The van der Waals surface area contributed by atoms with E-state index in [1.54, 1.807) is 0 Å². The fourth-order valence-electron chi connectivity index (χ4n) is 10.7. The minimum absolute atomic E-state index is 0.141. The Kier molecular flexibility index (Phi) is 4.66. The second-order valence-corrected chi connectivity index (χ2v) is 14.4. The van der Waals surface area contributed by atoms with E-state index in [2.05, 4.69) is 61.5 Å². The predicted molar refractivity (Wildman–Crippen MR) is 130 cm³/mol. The van der Waals surface area contributed by atoms with Crippen LogP contribution < -0.4 is 0 Å². The van der Waals surface area contributed by atoms with E-state index in [1.165, 1.54) is 44.9 Å². The summed E-state index contributed by atoms with van der Waals surface area (Å²) in [6.45, 7) is 20.2. The first kappa shape index (κ1) is 22.2. The summed E-state index contributed by atoms with van der Waals surface area (Å²) in [4.78, 5) is 12.9. The number of carbonyl (C=O) groups is 1. The first-order chi connectivity index (χ1) is 14.3. The van der Waals surface area contributed by atoms with Crippen molar-refractivity contribution >= 4 is 5.78 Å². The van der Waals surface area contributed by atoms with Gasteiger partial charge >= 0.3 is 0 Å². The van der Waals surface area contributed by atoms with Gasteiger partial charge in [0.05, 0.1) is 0 Å². The zero-order chi connectivity index (χ0) is 22.6. The second kappa shape index (κ2) is 6.50. The van der Waals surface area contributed by atoms with Crippen molar-refractivity contribution in [3.63, 3.8) is 0 Å². The second-order valence-electron chi connectivity index (χ2n) is 14.4. The smallest absolute Gasteiger partial charge is 0.138 e. The van der Waals surface area contributed by atoms with Crippen molar-refractivity contribution < 1.29 is 4.79 Å². The first-order valence-corrected chi connectivity index (χ1v) is 13.6. The molecule has 0 aromatic heterocycles. The van der Waals surface area contributed by atoms with Crippen LogP contribution in [0.5, 0.6) is 0 Å². The van der Waals surface area contributed by atoms with Gasteiger partial charge in [-0.1, -0.05) is 67.0 Å². The average Bonchev–Trinajstić information content (AvgIpc) is 2.69. The third-order valence-electron chi connectivity index (χ3n) is 13.1. The lowest BCUT2D eigenvalue weighted by atomic mass is 9.33. The molecule has 0 bridgehead atoms. The van der Waals surface area contributed by atoms with Gasteiger partial charge in [-0.25, -0.2) is 0 Å². The monoisotopic (exact) mass is 424 g/mol. The lowest BCUT2D eigenvalue weighted by molar-refractivity contribution is -0.185. The molecule has 1 nitrogen and oxygen atoms in total. The Morgan fingerprint density at radius 3 is 2.26 bits per heavy atom. The van der Waals surface area contributed by atoms with Crippen molar-refractivity contribution in [2.75, 3.05) is 0 Å². The van der Waals surface area contributed by atoms with E-state index in [0.717, 1.165) is 36.5 Å². The van der Waals surface area contributed by atoms with Crippen molar-refractivity contribution in [2.45, 2.75) is 113 Å². The Bertz CT molecular complexity index is 820. The number of fused-ring (bicyclic) bond motifs is 7. The highest BCUT2D eigenvalue weighted by molar-refractivity contribution is 5.85. The van der Waals surface area contributed by atoms with Gasteiger partial charge in [0.25, 0.3) is 0 Å². The van der Waals surface area contributed by atoms with Crippen LogP contribution in [0.3, 0.4) is 0 Å². The molecule has 1 heteroatoms. The fraction of sp³-hybridized carbons (Fsp3) is 0.900. The van der Waals surface area contributed by atoms with Gasteiger partial charge in [0, 0.05) is 11.8 Å². The molecule has 0 amide bonds. The molecule has 5 rings (SSSR count). The van der Waals surface area contributed by atoms with Crippen molar-refractivity contribution in [2.24, 2.45) is 56.7 Å². The van der Waals surface area contributed by atoms with Crippen LogP contribution in [0.4, 0.5) is 0 Å². The highest BCUT2D eigenvalue weighted by atomic mass is 16.1. The lowest BCUT2D eigenvalue weighted by Crippen LogP contribution is -2.64. The van der Waals surface area contributed by atoms with Gasteiger partial charge in [-0.2, -0.15) is 0 Å². The standard InChI is InChI=1S/C30H48O/c1-19-11-14-27(5)17-18-29(7)21(25(27)20(19)2)9-10-23-28(6)15-13-24(31)26(3,4)22(28)12-16-30(23,29)8/h9,19-20,22-23,25H,10-18H2,1-8H3/t19-,20+,22+,23+,25+,27-,28+,29-,30-/m1/s1. The molecular weight excluding hydrogens is 376 g/mol. The summed E-state index contributed by atoms with van der Waals surface area (Å²) in [5, 5.41) is 0. The van der Waals surface area contributed by atoms with Crippen molar-refractivity contribution in [3.8, 4) is 0 Å². The number of hydrogen-bond donors (Lipinski definition) is 0. The number of hydrogen-bond acceptors (Lipinski definition) is 1. The van der Waals surface area contributed by atoms with Crippen LogP contribution in [0.2, 0.25) is 0 Å². The van der Waals surface area contributed by atoms with Gasteiger partial charge in [-0.15, -0.1) is 0 Å². The molecule has 0 unspecified atom stereocenters. The summed E-state index contributed by atoms with van der Waals surface area (Å²) in [5.41, 5.74) is 3.26. The topological polar surface area (TPSA) is 17.1 Å². The van der Waals surface area contributed by atoms with Gasteiger partial charge in [-0.3, -0.25) is 4.79 Å². The molecule has 0 radical (unpaired) electrons. The number of carbonyl (C=O) groups excluding carboxylic acids is 1. The van der Waals surface area contributed by atoms with Gasteiger partial charge in [0.15, 0.2) is 0 Å². The minimum Gasteiger partial charge on any atom is -0.299 e. The molecule has 0 N–H and O–H groups in total. The molecular formula is C30H48O. The molecule has 0 saturated heterocycles. The van der Waals surface area contributed by atoms with Crippen LogP contribution in [-0.4, -0.2) is 5.78 Å². The maximum absolute atomic E-state index is 12.9. The molecule has 0 aromatic rings. The Labute approximate surface area is 192 Å². The SMILES string of the molecule is C[C@H]1[C@H](C)CC[C@]2(C)CC[C@]3(C)C(=CC[C@H]4[C@@]5(C)CCC(=O)C(C)(C)[C@@H]5CC[C@]43C)[C@H]12. The number of rotatable bonds is 0. The zero-order valence-corrected chi connectivity index (χ0v) is 21.7. The molecule has 4 fully saturated rings. The maximum Gasteiger partial charge on any atom is 0.138 e. The zero-order valence-electron chi connectivity index (χ0n) is 21.7. The highest BCUT2D eigenvalue weighted by Crippen LogP contribution is 2.75. The molecule has 9 atom stereocenters. The number of ketones is 1. The van der Waals surface area contributed by atoms with Crippen LogP contribution in [-0.2, 0) is 4.79 Å². The Hall–Kier alpha value is -0.590. The van der Waals surface area contributed by atoms with E-state index in [1.807, 2.05) is 5.57 Å². The number of Topliss-reactive ketones (excluding diaryl/α,β-unsaturated/α-hetero) is 1. The van der Waals surface area contributed by atoms with E-state index in [0.29, 0.717) is 33.4 Å². The summed E-state index contributed by atoms with van der Waals surface area (Å²) < 4.78 is 0. The van der Waals surface area contributed by atoms with E-state index in [4.69, 9.17) is 0 Å². The van der Waals surface area contributed by atoms with Crippen LogP contribution in [0.25, 0.3) is 0 Å². The summed E-state index contributed by atoms with van der Waals surface area (Å²) in [6.07, 6.45) is 14.1. The lowest BCUT2D eigenvalue weighted by Gasteiger charge is -2.71. The van der Waals surface area contributed by atoms with Crippen molar-refractivity contribution in [1.82, 2.24) is 0 Å². The molecule has 0 heterocycles. The molecule has 174 valence electrons. The van der Waals surface area contributed by atoms with Crippen LogP contribution in [0, 0.1) is 56.7 Å². The molecule has 5 aliphatic rings. The highest BCUT2D eigenvalue weighted by Gasteiger charge is 2.68. The Balaban J connectivity index is 1.60. The van der Waals surface area contributed by atoms with Gasteiger partial charge in [0.1, 0.15) is 5.78 Å². The quantitative estimate of drug-likeness (QED) is 0.358. The summed E-state index contributed by atoms with van der Waals surface area (Å²) >= 11 is 0. The van der Waals surface area contributed by atoms with E-state index >= 15 is 0 Å². The van der Waals surface area contributed by atoms with Gasteiger partial charge < -0.3 is 0 Å². The van der Waals surface area contributed by atoms with E-state index < -0.39 is 0 Å². The largest absolute Gasteiger partial charge is 0.299 e. The average molecular weight is 425 g/mol. The third kappa shape index (κ3) is 2.59. The van der Waals surface area contributed by atoms with Crippen molar-refractivity contribution in [1.29, 1.82) is 0 Å². The molecule has 4 saturated carbocycles. The Morgan fingerprint density at radius 2 is 1.55 bits per heavy atom. The fourth-order valence-corrected chi connectivity index (χ4v) is 10.7. The molecule has 5 aliphatic carbocycles. The summed E-state index contributed by atoms with van der Waals surface area (Å²) in [6, 6.07) is 0. The summed E-state index contributed by atoms with van der Waals surface area (Å²) in [7, 11) is 0. The van der Waals surface area contributed by atoms with Gasteiger partial charge in [0.2, 0.25) is 0 Å². The van der Waals surface area contributed by atoms with Crippen LogP contribution in [0.15, 0.2) is 11.6 Å². The normalized spacial score (nSPS) is 55.9. The van der Waals surface area contributed by atoms with E-state index in [-0.39, 0.29) is 5.41 Å². The molecule has 31 heavy (non-hydrogen) atoms. The molecule has 0 aromatic carbocycles. The third-order valence-corrected chi connectivity index (χ3v) is 13.1. The number of allylic oxidation sites excluding steroid dienone is 2. The minimum atomic E-state index is -0.141. The molecule has 0 spiro atoms. The predicted octanol–water partition coefficient (Wildman–Crippen LogP) is 8.23. The van der Waals surface area contributed by atoms with E-state index in [9.17, 15) is 4.79 Å². The maximum atomic E-state index is 12.9. The molecule has 0 aliphatic heterocycles. The van der Waals surface area contributed by atoms with Gasteiger partial charge in [-0.05, 0) is 103 Å². The Morgan fingerprint density at radius 1 is 0.839 bits per heavy atom. The first-order valence-electron chi connectivity index (χ1n) is 13.6. The van der Waals surface area contributed by atoms with Crippen molar-refractivity contribution in [3.05, 3.63) is 11.6 Å².